The highest BCUT2D eigenvalue weighted by Crippen LogP contribution is 2.15. The maximum absolute atomic E-state index is 11.0. The highest BCUT2D eigenvalue weighted by atomic mass is 32.1. The fourth-order valence-electron chi connectivity index (χ4n) is 1.02. The molecule has 0 radical (unpaired) electrons. The molecule has 0 saturated carbocycles. The molecule has 5 nitrogen and oxygen atoms in total. The van der Waals surface area contributed by atoms with Crippen LogP contribution in [0.25, 0.3) is 6.08 Å². The van der Waals surface area contributed by atoms with Crippen LogP contribution in [0.1, 0.15) is 28.7 Å². The van der Waals surface area contributed by atoms with E-state index in [1.165, 1.54) is 16.8 Å². The van der Waals surface area contributed by atoms with Gasteiger partial charge in [0, 0.05) is 0 Å². The summed E-state index contributed by atoms with van der Waals surface area (Å²) in [4.78, 5) is 25.9. The Balaban J connectivity index is 2.59. The van der Waals surface area contributed by atoms with Gasteiger partial charge in [-0.2, -0.15) is 0 Å². The molecule has 1 aromatic rings. The normalized spacial score (nSPS) is 10.6. The van der Waals surface area contributed by atoms with Crippen LogP contribution in [0, 0.1) is 0 Å². The fraction of sp³-hybridized carbons (Fsp3) is 0.300. The number of carboxylic acid groups (broad SMARTS) is 1. The molecule has 0 aromatic carbocycles. The molecule has 0 saturated heterocycles. The van der Waals surface area contributed by atoms with E-state index < -0.39 is 5.97 Å². The van der Waals surface area contributed by atoms with Gasteiger partial charge in [0.05, 0.1) is 23.4 Å². The summed E-state index contributed by atoms with van der Waals surface area (Å²) in [5.41, 5.74) is 1.46. The topological polar surface area (TPSA) is 76.5 Å². The summed E-state index contributed by atoms with van der Waals surface area (Å²) in [7, 11) is 0. The average Bonchev–Trinajstić information content (AvgIpc) is 2.66. The van der Waals surface area contributed by atoms with E-state index in [4.69, 9.17) is 9.84 Å². The Kier molecular flexibility index (Phi) is 4.65. The third kappa shape index (κ3) is 3.47. The number of nitrogens with zero attached hydrogens (tertiary/aromatic N) is 1. The first-order valence-corrected chi connectivity index (χ1v) is 5.52. The van der Waals surface area contributed by atoms with E-state index in [1.54, 1.807) is 19.1 Å². The molecule has 0 aliphatic carbocycles. The first-order valence-electron chi connectivity index (χ1n) is 4.64. The Labute approximate surface area is 96.4 Å². The maximum Gasteiger partial charge on any atom is 0.356 e. The smallest absolute Gasteiger partial charge is 0.356 e. The zero-order valence-electron chi connectivity index (χ0n) is 8.67. The second-order valence-electron chi connectivity index (χ2n) is 2.78. The number of carbonyl (C=O) groups is 2. The van der Waals surface area contributed by atoms with E-state index >= 15 is 0 Å². The Morgan fingerprint density at radius 2 is 2.38 bits per heavy atom. The molecule has 0 fully saturated rings. The molecule has 0 atom stereocenters. The van der Waals surface area contributed by atoms with Crippen molar-refractivity contribution in [2.45, 2.75) is 13.3 Å². The molecule has 0 spiro atoms. The largest absolute Gasteiger partial charge is 0.476 e. The van der Waals surface area contributed by atoms with Crippen molar-refractivity contribution in [2.75, 3.05) is 6.61 Å². The molecule has 6 heteroatoms. The third-order valence-electron chi connectivity index (χ3n) is 1.66. The van der Waals surface area contributed by atoms with Gasteiger partial charge in [0.1, 0.15) is 0 Å². The molecule has 16 heavy (non-hydrogen) atoms. The number of esters is 1. The van der Waals surface area contributed by atoms with Gasteiger partial charge < -0.3 is 9.84 Å². The van der Waals surface area contributed by atoms with Gasteiger partial charge in [-0.25, -0.2) is 9.78 Å². The highest BCUT2D eigenvalue weighted by molar-refractivity contribution is 7.10. The van der Waals surface area contributed by atoms with Gasteiger partial charge in [-0.15, -0.1) is 11.3 Å². The summed E-state index contributed by atoms with van der Waals surface area (Å²) < 4.78 is 4.72. The summed E-state index contributed by atoms with van der Waals surface area (Å²) >= 11 is 1.21. The SMILES string of the molecule is CCOC(=O)CC=Cc1scnc1C(=O)O. The van der Waals surface area contributed by atoms with Crippen molar-refractivity contribution in [3.05, 3.63) is 22.2 Å². The lowest BCUT2D eigenvalue weighted by Crippen LogP contribution is -2.01. The van der Waals surface area contributed by atoms with Crippen LogP contribution in [0.2, 0.25) is 0 Å². The number of aromatic carboxylic acids is 1. The minimum absolute atomic E-state index is 0.00473. The van der Waals surface area contributed by atoms with Crippen molar-refractivity contribution in [1.82, 2.24) is 4.98 Å². The van der Waals surface area contributed by atoms with Gasteiger partial charge in [-0.3, -0.25) is 4.79 Å². The second kappa shape index (κ2) is 6.02. The van der Waals surface area contributed by atoms with Crippen LogP contribution in [-0.2, 0) is 9.53 Å². The summed E-state index contributed by atoms with van der Waals surface area (Å²) in [5.74, 6) is -1.41. The zero-order valence-corrected chi connectivity index (χ0v) is 9.49. The monoisotopic (exact) mass is 241 g/mol. The first-order chi connectivity index (χ1) is 7.65. The molecular weight excluding hydrogens is 230 g/mol. The van der Waals surface area contributed by atoms with Crippen LogP contribution in [-0.4, -0.2) is 28.6 Å². The zero-order chi connectivity index (χ0) is 12.0. The number of hydrogen-bond acceptors (Lipinski definition) is 5. The molecule has 0 bridgehead atoms. The van der Waals surface area contributed by atoms with E-state index in [-0.39, 0.29) is 18.1 Å². The van der Waals surface area contributed by atoms with E-state index in [2.05, 4.69) is 4.98 Å². The van der Waals surface area contributed by atoms with Gasteiger partial charge in [0.2, 0.25) is 0 Å². The average molecular weight is 241 g/mol. The van der Waals surface area contributed by atoms with Gasteiger partial charge >= 0.3 is 11.9 Å². The number of thiazole rings is 1. The summed E-state index contributed by atoms with van der Waals surface area (Å²) in [6, 6.07) is 0. The predicted molar refractivity (Wildman–Crippen MR) is 59.4 cm³/mol. The quantitative estimate of drug-likeness (QED) is 0.795. The number of rotatable bonds is 5. The van der Waals surface area contributed by atoms with Crippen molar-refractivity contribution in [2.24, 2.45) is 0 Å². The van der Waals surface area contributed by atoms with Crippen molar-refractivity contribution in [3.8, 4) is 0 Å². The number of carbonyl (C=O) groups excluding carboxylic acids is 1. The predicted octanol–water partition coefficient (Wildman–Crippen LogP) is 1.81. The lowest BCUT2D eigenvalue weighted by molar-refractivity contribution is -0.142. The van der Waals surface area contributed by atoms with Crippen LogP contribution >= 0.6 is 11.3 Å². The van der Waals surface area contributed by atoms with E-state index in [0.717, 1.165) is 0 Å². The van der Waals surface area contributed by atoms with E-state index in [9.17, 15) is 9.59 Å². The van der Waals surface area contributed by atoms with Crippen LogP contribution in [0.5, 0.6) is 0 Å². The van der Waals surface area contributed by atoms with E-state index in [0.29, 0.717) is 11.5 Å². The van der Waals surface area contributed by atoms with Crippen molar-refractivity contribution >= 4 is 29.4 Å². The third-order valence-corrected chi connectivity index (χ3v) is 2.45. The van der Waals surface area contributed by atoms with Crippen LogP contribution in [0.3, 0.4) is 0 Å². The standard InChI is InChI=1S/C10H11NO4S/c1-2-15-8(12)5-3-4-7-9(10(13)14)11-6-16-7/h3-4,6H,2,5H2,1H3,(H,13,14). The minimum atomic E-state index is -1.07. The number of carboxylic acids is 1. The van der Waals surface area contributed by atoms with Crippen LogP contribution in [0.15, 0.2) is 11.6 Å². The lowest BCUT2D eigenvalue weighted by Gasteiger charge is -1.96. The van der Waals surface area contributed by atoms with Gasteiger partial charge in [-0.1, -0.05) is 6.08 Å². The number of aromatic nitrogens is 1. The van der Waals surface area contributed by atoms with Crippen LogP contribution < -0.4 is 0 Å². The van der Waals surface area contributed by atoms with Gasteiger partial charge in [0.25, 0.3) is 0 Å². The van der Waals surface area contributed by atoms with Gasteiger partial charge in [-0.05, 0) is 13.0 Å². The molecule has 1 heterocycles. The highest BCUT2D eigenvalue weighted by Gasteiger charge is 2.10. The Bertz CT molecular complexity index is 411. The molecular formula is C10H11NO4S. The molecule has 1 aromatic heterocycles. The molecule has 0 amide bonds. The Morgan fingerprint density at radius 1 is 1.62 bits per heavy atom. The molecule has 0 aliphatic heterocycles. The van der Waals surface area contributed by atoms with Crippen molar-refractivity contribution in [3.63, 3.8) is 0 Å². The van der Waals surface area contributed by atoms with Crippen LogP contribution in [0.4, 0.5) is 0 Å². The first kappa shape index (κ1) is 12.4. The van der Waals surface area contributed by atoms with Crippen molar-refractivity contribution in [1.29, 1.82) is 0 Å². The van der Waals surface area contributed by atoms with Crippen molar-refractivity contribution < 1.29 is 19.4 Å². The molecule has 1 N–H and O–H groups in total. The summed E-state index contributed by atoms with van der Waals surface area (Å²) in [6.45, 7) is 2.07. The summed E-state index contributed by atoms with van der Waals surface area (Å²) in [5, 5.41) is 8.77. The molecule has 86 valence electrons. The number of hydrogen-bond donors (Lipinski definition) is 1. The second-order valence-corrected chi connectivity index (χ2v) is 3.67. The Morgan fingerprint density at radius 3 is 3.00 bits per heavy atom. The molecule has 1 rings (SSSR count). The molecule has 0 aliphatic rings. The summed E-state index contributed by atoms with van der Waals surface area (Å²) in [6.07, 6.45) is 3.26. The fourth-order valence-corrected chi connectivity index (χ4v) is 1.71. The van der Waals surface area contributed by atoms with E-state index in [1.807, 2.05) is 0 Å². The maximum atomic E-state index is 11.0. The van der Waals surface area contributed by atoms with Gasteiger partial charge in [0.15, 0.2) is 5.69 Å². The minimum Gasteiger partial charge on any atom is -0.476 e. The Hall–Kier alpha value is -1.69. The lowest BCUT2D eigenvalue weighted by atomic mass is 10.3. The number of ether oxygens (including phenoxy) is 1. The molecule has 0 unspecified atom stereocenters.